The van der Waals surface area contributed by atoms with Crippen LogP contribution in [0.2, 0.25) is 0 Å². The van der Waals surface area contributed by atoms with Crippen molar-refractivity contribution in [3.63, 3.8) is 0 Å². The number of benzene rings is 2. The minimum atomic E-state index is -0.329. The summed E-state index contributed by atoms with van der Waals surface area (Å²) >= 11 is 0. The Morgan fingerprint density at radius 1 is 0.742 bits per heavy atom. The van der Waals surface area contributed by atoms with E-state index in [0.717, 1.165) is 17.8 Å². The van der Waals surface area contributed by atoms with E-state index in [1.54, 1.807) is 5.56 Å². The molecular weight excluding hydrogens is 379 g/mol. The van der Waals surface area contributed by atoms with E-state index in [4.69, 9.17) is 9.31 Å². The van der Waals surface area contributed by atoms with Crippen LogP contribution in [-0.2, 0) is 14.7 Å². The zero-order valence-corrected chi connectivity index (χ0v) is 19.5. The predicted octanol–water partition coefficient (Wildman–Crippen LogP) is 6.12. The van der Waals surface area contributed by atoms with Crippen molar-refractivity contribution >= 4 is 12.6 Å². The fourth-order valence-electron chi connectivity index (χ4n) is 7.39. The van der Waals surface area contributed by atoms with E-state index in [1.807, 2.05) is 0 Å². The van der Waals surface area contributed by atoms with Crippen LogP contribution in [0, 0.1) is 17.8 Å². The van der Waals surface area contributed by atoms with Gasteiger partial charge in [-0.05, 0) is 112 Å². The Kier molecular flexibility index (Phi) is 4.35. The molecule has 7 rings (SSSR count). The molecule has 0 N–H and O–H groups in total. The van der Waals surface area contributed by atoms with E-state index >= 15 is 0 Å². The summed E-state index contributed by atoms with van der Waals surface area (Å²) in [7, 11) is -0.328. The summed E-state index contributed by atoms with van der Waals surface area (Å²) in [4.78, 5) is 0. The molecule has 1 heterocycles. The third-order valence-electron chi connectivity index (χ3n) is 9.30. The number of hydrogen-bond donors (Lipinski definition) is 0. The van der Waals surface area contributed by atoms with Crippen molar-refractivity contribution in [2.45, 2.75) is 82.8 Å². The molecule has 2 aromatic rings. The van der Waals surface area contributed by atoms with Gasteiger partial charge in [0.2, 0.25) is 0 Å². The summed E-state index contributed by atoms with van der Waals surface area (Å²) in [5, 5.41) is 0. The topological polar surface area (TPSA) is 18.5 Å². The van der Waals surface area contributed by atoms with E-state index in [2.05, 4.69) is 76.2 Å². The molecule has 0 radical (unpaired) electrons. The Morgan fingerprint density at radius 3 is 1.84 bits per heavy atom. The lowest BCUT2D eigenvalue weighted by Crippen LogP contribution is -2.48. The lowest BCUT2D eigenvalue weighted by molar-refractivity contribution is -0.00516. The first-order valence-corrected chi connectivity index (χ1v) is 12.3. The SMILES string of the molecule is CC1(C)OB(c2ccc(C34CC5CC(CC(C5)C3)C4)cc2-c2ccccc2)OC1(C)C. The van der Waals surface area contributed by atoms with Crippen molar-refractivity contribution in [1.29, 1.82) is 0 Å². The smallest absolute Gasteiger partial charge is 0.399 e. The maximum absolute atomic E-state index is 6.48. The highest BCUT2D eigenvalue weighted by atomic mass is 16.7. The summed E-state index contributed by atoms with van der Waals surface area (Å²) in [6, 6.07) is 18.1. The fourth-order valence-corrected chi connectivity index (χ4v) is 7.39. The Hall–Kier alpha value is -1.58. The van der Waals surface area contributed by atoms with Gasteiger partial charge in [0.25, 0.3) is 0 Å². The van der Waals surface area contributed by atoms with Gasteiger partial charge in [-0.2, -0.15) is 0 Å². The van der Waals surface area contributed by atoms with Crippen LogP contribution < -0.4 is 5.46 Å². The second-order valence-electron chi connectivity index (χ2n) is 12.0. The Balaban J connectivity index is 1.44. The Labute approximate surface area is 187 Å². The van der Waals surface area contributed by atoms with Gasteiger partial charge in [-0.1, -0.05) is 48.5 Å². The fraction of sp³-hybridized carbons (Fsp3) is 0.571. The third kappa shape index (κ3) is 3.15. The first-order chi connectivity index (χ1) is 14.7. The number of hydrogen-bond acceptors (Lipinski definition) is 2. The van der Waals surface area contributed by atoms with Crippen LogP contribution in [0.25, 0.3) is 11.1 Å². The number of rotatable bonds is 3. The molecule has 31 heavy (non-hydrogen) atoms. The standard InChI is InChI=1S/C28H35BO2/c1-26(2)27(3,4)31-29(30-26)25-11-10-23(15-24(25)22-8-6-5-7-9-22)28-16-19-12-20(17-28)14-21(13-19)18-28/h5-11,15,19-21H,12-14,16-18H2,1-4H3. The molecule has 4 aliphatic carbocycles. The molecule has 3 heteroatoms. The molecular formula is C28H35BO2. The lowest BCUT2D eigenvalue weighted by Gasteiger charge is -2.57. The highest BCUT2D eigenvalue weighted by Gasteiger charge is 2.54. The van der Waals surface area contributed by atoms with Gasteiger partial charge < -0.3 is 9.31 Å². The minimum absolute atomic E-state index is 0.328. The van der Waals surface area contributed by atoms with Gasteiger partial charge in [0, 0.05) is 0 Å². The first kappa shape index (κ1) is 20.1. The van der Waals surface area contributed by atoms with Crippen molar-refractivity contribution in [1.82, 2.24) is 0 Å². The predicted molar refractivity (Wildman–Crippen MR) is 127 cm³/mol. The van der Waals surface area contributed by atoms with E-state index in [0.29, 0.717) is 5.41 Å². The molecule has 0 aromatic heterocycles. The van der Waals surface area contributed by atoms with Gasteiger partial charge in [0.1, 0.15) is 0 Å². The highest BCUT2D eigenvalue weighted by Crippen LogP contribution is 2.60. The zero-order chi connectivity index (χ0) is 21.4. The normalized spacial score (nSPS) is 35.0. The van der Waals surface area contributed by atoms with Crippen LogP contribution in [0.4, 0.5) is 0 Å². The molecule has 0 spiro atoms. The molecule has 162 valence electrons. The molecule has 0 amide bonds. The largest absolute Gasteiger partial charge is 0.495 e. The Morgan fingerprint density at radius 2 is 1.29 bits per heavy atom. The van der Waals surface area contributed by atoms with E-state index in [9.17, 15) is 0 Å². The quantitative estimate of drug-likeness (QED) is 0.564. The van der Waals surface area contributed by atoms with Crippen molar-refractivity contribution in [3.05, 3.63) is 54.1 Å². The van der Waals surface area contributed by atoms with Crippen LogP contribution in [0.3, 0.4) is 0 Å². The van der Waals surface area contributed by atoms with Crippen molar-refractivity contribution in [2.24, 2.45) is 17.8 Å². The van der Waals surface area contributed by atoms with Crippen LogP contribution in [0.15, 0.2) is 48.5 Å². The second kappa shape index (κ2) is 6.72. The molecule has 4 bridgehead atoms. The molecule has 5 fully saturated rings. The van der Waals surface area contributed by atoms with Gasteiger partial charge in [-0.15, -0.1) is 0 Å². The second-order valence-corrected chi connectivity index (χ2v) is 12.0. The van der Waals surface area contributed by atoms with Crippen LogP contribution in [0.5, 0.6) is 0 Å². The molecule has 2 nitrogen and oxygen atoms in total. The summed E-state index contributed by atoms with van der Waals surface area (Å²) < 4.78 is 13.0. The van der Waals surface area contributed by atoms with Gasteiger partial charge in [0.05, 0.1) is 11.2 Å². The van der Waals surface area contributed by atoms with Crippen molar-refractivity contribution in [2.75, 3.05) is 0 Å². The molecule has 5 aliphatic rings. The summed E-state index contributed by atoms with van der Waals surface area (Å²) in [6.07, 6.45) is 8.62. The summed E-state index contributed by atoms with van der Waals surface area (Å²) in [5.41, 5.74) is 5.01. The van der Waals surface area contributed by atoms with Gasteiger partial charge in [-0.25, -0.2) is 0 Å². The molecule has 2 aromatic carbocycles. The van der Waals surface area contributed by atoms with Crippen LogP contribution in [0.1, 0.15) is 71.8 Å². The highest BCUT2D eigenvalue weighted by molar-refractivity contribution is 6.63. The van der Waals surface area contributed by atoms with Gasteiger partial charge >= 0.3 is 7.12 Å². The van der Waals surface area contributed by atoms with E-state index in [-0.39, 0.29) is 18.3 Å². The average Bonchev–Trinajstić information content (AvgIpc) is 2.94. The van der Waals surface area contributed by atoms with E-state index in [1.165, 1.54) is 55.1 Å². The van der Waals surface area contributed by atoms with Crippen LogP contribution >= 0.6 is 0 Å². The minimum Gasteiger partial charge on any atom is -0.399 e. The maximum atomic E-state index is 6.48. The molecule has 0 atom stereocenters. The monoisotopic (exact) mass is 414 g/mol. The van der Waals surface area contributed by atoms with Gasteiger partial charge in [-0.3, -0.25) is 0 Å². The van der Waals surface area contributed by atoms with Crippen LogP contribution in [-0.4, -0.2) is 18.3 Å². The van der Waals surface area contributed by atoms with Gasteiger partial charge in [0.15, 0.2) is 0 Å². The molecule has 0 unspecified atom stereocenters. The maximum Gasteiger partial charge on any atom is 0.495 e. The summed E-state index contributed by atoms with van der Waals surface area (Å²) in [6.45, 7) is 8.55. The molecule has 1 aliphatic heterocycles. The lowest BCUT2D eigenvalue weighted by atomic mass is 9.48. The van der Waals surface area contributed by atoms with Crippen molar-refractivity contribution < 1.29 is 9.31 Å². The zero-order valence-electron chi connectivity index (χ0n) is 19.5. The van der Waals surface area contributed by atoms with Crippen molar-refractivity contribution in [3.8, 4) is 11.1 Å². The first-order valence-electron chi connectivity index (χ1n) is 12.3. The third-order valence-corrected chi connectivity index (χ3v) is 9.30. The average molecular weight is 414 g/mol. The van der Waals surface area contributed by atoms with E-state index < -0.39 is 0 Å². The molecule has 1 saturated heterocycles. The summed E-state index contributed by atoms with van der Waals surface area (Å²) in [5.74, 6) is 2.86. The molecule has 4 saturated carbocycles. The Bertz CT molecular complexity index is 942.